The molecule has 0 rings (SSSR count). The highest BCUT2D eigenvalue weighted by molar-refractivity contribution is 6.04. The van der Waals surface area contributed by atoms with Crippen LogP contribution in [0.3, 0.4) is 0 Å². The molecular formula is C8H18BNO. The lowest BCUT2D eigenvalue weighted by Crippen LogP contribution is -2.25. The molecule has 0 aromatic carbocycles. The fraction of sp³-hybridized carbons (Fsp3) is 1.00. The molecule has 64 valence electrons. The van der Waals surface area contributed by atoms with Gasteiger partial charge in [0.05, 0.1) is 5.60 Å². The molecule has 0 aromatic heterocycles. The topological polar surface area (TPSA) is 21.3 Å². The molecule has 0 heterocycles. The largest absolute Gasteiger partial charge is 0.376 e. The van der Waals surface area contributed by atoms with Gasteiger partial charge in [0.15, 0.2) is 7.98 Å². The third-order valence-electron chi connectivity index (χ3n) is 1.64. The van der Waals surface area contributed by atoms with E-state index < -0.39 is 0 Å². The number of ether oxygens (including phenoxy) is 1. The second-order valence-corrected chi connectivity index (χ2v) is 3.25. The van der Waals surface area contributed by atoms with Gasteiger partial charge in [0.25, 0.3) is 0 Å². The lowest BCUT2D eigenvalue weighted by Gasteiger charge is -2.24. The Hall–Kier alpha value is -0.0151. The fourth-order valence-corrected chi connectivity index (χ4v) is 1.08. The van der Waals surface area contributed by atoms with Gasteiger partial charge in [-0.2, -0.15) is 0 Å². The van der Waals surface area contributed by atoms with Crippen LogP contribution in [0.4, 0.5) is 0 Å². The molecule has 11 heavy (non-hydrogen) atoms. The van der Waals surface area contributed by atoms with Gasteiger partial charge in [-0.3, -0.25) is 0 Å². The smallest absolute Gasteiger partial charge is 0.177 e. The summed E-state index contributed by atoms with van der Waals surface area (Å²) in [4.78, 5) is 0. The van der Waals surface area contributed by atoms with E-state index in [4.69, 9.17) is 12.7 Å². The number of hydrogen-bond donors (Lipinski definition) is 1. The van der Waals surface area contributed by atoms with Crippen molar-refractivity contribution in [3.8, 4) is 0 Å². The van der Waals surface area contributed by atoms with Gasteiger partial charge in [0, 0.05) is 6.61 Å². The molecule has 0 bridgehead atoms. The highest BCUT2D eigenvalue weighted by atomic mass is 16.5. The predicted octanol–water partition coefficient (Wildman–Crippen LogP) is 1.25. The molecular weight excluding hydrogens is 137 g/mol. The van der Waals surface area contributed by atoms with Gasteiger partial charge in [0.1, 0.15) is 0 Å². The van der Waals surface area contributed by atoms with Gasteiger partial charge in [-0.05, 0) is 40.2 Å². The molecule has 0 aromatic rings. The summed E-state index contributed by atoms with van der Waals surface area (Å²) in [5, 5.41) is 2.63. The number of nitrogens with one attached hydrogen (secondary N) is 1. The zero-order valence-corrected chi connectivity index (χ0v) is 7.81. The molecule has 2 nitrogen and oxygen atoms in total. The van der Waals surface area contributed by atoms with Crippen molar-refractivity contribution in [1.29, 1.82) is 0 Å². The van der Waals surface area contributed by atoms with E-state index >= 15 is 0 Å². The van der Waals surface area contributed by atoms with Gasteiger partial charge >= 0.3 is 0 Å². The summed E-state index contributed by atoms with van der Waals surface area (Å²) in [5.74, 6) is 0. The zero-order valence-electron chi connectivity index (χ0n) is 7.81. The molecule has 1 N–H and O–H groups in total. The van der Waals surface area contributed by atoms with E-state index in [2.05, 4.69) is 19.1 Å². The number of hydrogen-bond acceptors (Lipinski definition) is 2. The molecule has 0 unspecified atom stereocenters. The first-order valence-corrected chi connectivity index (χ1v) is 4.20. The van der Waals surface area contributed by atoms with Gasteiger partial charge < -0.3 is 9.96 Å². The molecule has 0 aliphatic heterocycles. The Labute approximate surface area is 71.1 Å². The van der Waals surface area contributed by atoms with E-state index in [1.165, 1.54) is 0 Å². The molecule has 0 aliphatic carbocycles. The van der Waals surface area contributed by atoms with E-state index in [-0.39, 0.29) is 5.60 Å². The quantitative estimate of drug-likeness (QED) is 0.460. The minimum absolute atomic E-state index is 0.00556. The molecule has 0 atom stereocenters. The van der Waals surface area contributed by atoms with Crippen LogP contribution in [0.15, 0.2) is 0 Å². The van der Waals surface area contributed by atoms with Gasteiger partial charge in [0.2, 0.25) is 0 Å². The van der Waals surface area contributed by atoms with Crippen LogP contribution in [0.5, 0.6) is 0 Å². The fourth-order valence-electron chi connectivity index (χ4n) is 1.08. The summed E-state index contributed by atoms with van der Waals surface area (Å²) in [5.41, 5.74) is 0.00556. The molecule has 0 amide bonds. The monoisotopic (exact) mass is 155 g/mol. The second-order valence-electron chi connectivity index (χ2n) is 3.25. The minimum atomic E-state index is 0.00556. The average Bonchev–Trinajstić information content (AvgIpc) is 1.87. The Kier molecular flexibility index (Phi) is 5.60. The van der Waals surface area contributed by atoms with Crippen LogP contribution >= 0.6 is 0 Å². The van der Waals surface area contributed by atoms with E-state index in [1.54, 1.807) is 0 Å². The standard InChI is InChI=1S/C8H18BNO/c1-4-11-8(2,3)6-5-7-10-9/h10H,4-7H2,1-3H3. The molecule has 3 heteroatoms. The molecule has 2 radical (unpaired) electrons. The van der Waals surface area contributed by atoms with Crippen molar-refractivity contribution < 1.29 is 4.74 Å². The highest BCUT2D eigenvalue weighted by Crippen LogP contribution is 2.15. The Morgan fingerprint density at radius 3 is 2.55 bits per heavy atom. The van der Waals surface area contributed by atoms with Crippen LogP contribution in [-0.4, -0.2) is 26.7 Å². The first-order chi connectivity index (χ1) is 5.12. The summed E-state index contributed by atoms with van der Waals surface area (Å²) in [6.07, 6.45) is 2.11. The maximum Gasteiger partial charge on any atom is 0.177 e. The summed E-state index contributed by atoms with van der Waals surface area (Å²) in [6, 6.07) is 0. The van der Waals surface area contributed by atoms with Crippen molar-refractivity contribution in [2.45, 2.75) is 39.2 Å². The third-order valence-corrected chi connectivity index (χ3v) is 1.64. The summed E-state index contributed by atoms with van der Waals surface area (Å²) in [7, 11) is 5.14. The van der Waals surface area contributed by atoms with Crippen LogP contribution in [0.1, 0.15) is 33.6 Å². The maximum absolute atomic E-state index is 5.51. The molecule has 0 saturated carbocycles. The zero-order chi connectivity index (χ0) is 8.74. The number of rotatable bonds is 6. The lowest BCUT2D eigenvalue weighted by molar-refractivity contribution is -0.0170. The van der Waals surface area contributed by atoms with E-state index in [1.807, 2.05) is 6.92 Å². The van der Waals surface area contributed by atoms with Crippen LogP contribution in [0.2, 0.25) is 0 Å². The van der Waals surface area contributed by atoms with E-state index in [0.29, 0.717) is 0 Å². The van der Waals surface area contributed by atoms with Crippen molar-refractivity contribution in [3.05, 3.63) is 0 Å². The van der Waals surface area contributed by atoms with Crippen LogP contribution in [0.25, 0.3) is 0 Å². The Morgan fingerprint density at radius 2 is 2.09 bits per heavy atom. The molecule has 0 fully saturated rings. The van der Waals surface area contributed by atoms with Crippen LogP contribution in [-0.2, 0) is 4.74 Å². The Balaban J connectivity index is 3.38. The van der Waals surface area contributed by atoms with Gasteiger partial charge in [-0.1, -0.05) is 0 Å². The van der Waals surface area contributed by atoms with Crippen LogP contribution in [0, 0.1) is 0 Å². The van der Waals surface area contributed by atoms with E-state index in [0.717, 1.165) is 26.0 Å². The molecule has 0 spiro atoms. The molecule has 0 saturated heterocycles. The predicted molar refractivity (Wildman–Crippen MR) is 48.7 cm³/mol. The van der Waals surface area contributed by atoms with Gasteiger partial charge in [-0.15, -0.1) is 0 Å². The maximum atomic E-state index is 5.51. The summed E-state index contributed by atoms with van der Waals surface area (Å²) < 4.78 is 5.51. The SMILES string of the molecule is [B]NCCCC(C)(C)OCC. The average molecular weight is 155 g/mol. The summed E-state index contributed by atoms with van der Waals surface area (Å²) in [6.45, 7) is 7.86. The van der Waals surface area contributed by atoms with Crippen molar-refractivity contribution in [2.24, 2.45) is 0 Å². The van der Waals surface area contributed by atoms with Crippen LogP contribution < -0.4 is 5.23 Å². The Bertz CT molecular complexity index is 96.1. The van der Waals surface area contributed by atoms with Crippen molar-refractivity contribution in [3.63, 3.8) is 0 Å². The van der Waals surface area contributed by atoms with Crippen molar-refractivity contribution in [1.82, 2.24) is 5.23 Å². The van der Waals surface area contributed by atoms with Crippen molar-refractivity contribution >= 4 is 7.98 Å². The first-order valence-electron chi connectivity index (χ1n) is 4.20. The lowest BCUT2D eigenvalue weighted by atomic mass is 10.0. The minimum Gasteiger partial charge on any atom is -0.376 e. The molecule has 0 aliphatic rings. The Morgan fingerprint density at radius 1 is 1.45 bits per heavy atom. The first kappa shape index (κ1) is 11.0. The van der Waals surface area contributed by atoms with Crippen molar-refractivity contribution in [2.75, 3.05) is 13.2 Å². The van der Waals surface area contributed by atoms with E-state index in [9.17, 15) is 0 Å². The highest BCUT2D eigenvalue weighted by Gasteiger charge is 2.15. The summed E-state index contributed by atoms with van der Waals surface area (Å²) >= 11 is 0. The normalized spacial score (nSPS) is 11.9. The van der Waals surface area contributed by atoms with Gasteiger partial charge in [-0.25, -0.2) is 0 Å². The second kappa shape index (κ2) is 5.61. The third kappa shape index (κ3) is 6.39.